The van der Waals surface area contributed by atoms with Gasteiger partial charge in [-0.3, -0.25) is 9.59 Å². The fourth-order valence-electron chi connectivity index (χ4n) is 4.89. The van der Waals surface area contributed by atoms with E-state index < -0.39 is 23.7 Å². The molecule has 2 amide bonds. The molecule has 8 heteroatoms. The van der Waals surface area contributed by atoms with E-state index in [2.05, 4.69) is 10.2 Å². The Morgan fingerprint density at radius 1 is 1.13 bits per heavy atom. The summed E-state index contributed by atoms with van der Waals surface area (Å²) in [7, 11) is 3.98. The molecule has 0 spiro atoms. The summed E-state index contributed by atoms with van der Waals surface area (Å²) in [5, 5.41) is 2.98. The Balaban J connectivity index is 0.00000320. The van der Waals surface area contributed by atoms with Crippen LogP contribution in [0.5, 0.6) is 0 Å². The number of fused-ring (bicyclic) bond motifs is 3. The zero-order chi connectivity index (χ0) is 21.0. The molecular weight excluding hydrogens is 406 g/mol. The minimum absolute atomic E-state index is 0. The van der Waals surface area contributed by atoms with Crippen molar-refractivity contribution in [2.75, 3.05) is 27.2 Å². The van der Waals surface area contributed by atoms with Crippen LogP contribution >= 0.6 is 12.4 Å². The number of nitrogens with two attached hydrogens (primary N) is 1. The second-order valence-corrected chi connectivity index (χ2v) is 8.45. The third kappa shape index (κ3) is 5.52. The van der Waals surface area contributed by atoms with Crippen molar-refractivity contribution in [1.29, 1.82) is 0 Å². The smallest absolute Gasteiger partial charge is 0.338 e. The number of nitrogens with one attached hydrogen (secondary N) is 1. The largest absolute Gasteiger partial charge is 0.458 e. The van der Waals surface area contributed by atoms with Gasteiger partial charge in [0.25, 0.3) is 0 Å². The first kappa shape index (κ1) is 24.2. The average molecular weight is 438 g/mol. The number of hydrogen-bond donors (Lipinski definition) is 2. The average Bonchev–Trinajstić information content (AvgIpc) is 2.71. The lowest BCUT2D eigenvalue weighted by molar-refractivity contribution is -0.153. The molecule has 3 N–H and O–H groups in total. The third-order valence-corrected chi connectivity index (χ3v) is 6.22. The molecule has 0 heterocycles. The van der Waals surface area contributed by atoms with Gasteiger partial charge in [0, 0.05) is 12.5 Å². The molecule has 7 nitrogen and oxygen atoms in total. The van der Waals surface area contributed by atoms with Crippen LogP contribution in [0.2, 0.25) is 0 Å². The second kappa shape index (κ2) is 10.8. The first-order valence-corrected chi connectivity index (χ1v) is 10.4. The standard InChI is InChI=1S/C22H31N3O4.ClH/c1-25(2)12-6-11-24-21(27)18-15-9-10-16(19(18)20(23)26)17(13-15)29-22(28)14-7-4-3-5-8-14;/h3-5,7-8,15-19H,6,9-13H2,1-2H3,(H2,23,26)(H,24,27);1H. The molecule has 2 bridgehead atoms. The van der Waals surface area contributed by atoms with Crippen molar-refractivity contribution >= 4 is 30.2 Å². The molecule has 3 aliphatic carbocycles. The van der Waals surface area contributed by atoms with E-state index >= 15 is 0 Å². The zero-order valence-electron chi connectivity index (χ0n) is 17.6. The Labute approximate surface area is 184 Å². The fraction of sp³-hybridized carbons (Fsp3) is 0.591. The van der Waals surface area contributed by atoms with Crippen LogP contribution in [0, 0.1) is 23.7 Å². The Hall–Kier alpha value is -2.12. The number of ether oxygens (including phenoxy) is 1. The summed E-state index contributed by atoms with van der Waals surface area (Å²) in [6.07, 6.45) is 2.66. The number of esters is 1. The first-order valence-electron chi connectivity index (χ1n) is 10.4. The van der Waals surface area contributed by atoms with Gasteiger partial charge in [-0.15, -0.1) is 12.4 Å². The highest BCUT2D eigenvalue weighted by molar-refractivity contribution is 5.90. The van der Waals surface area contributed by atoms with Crippen LogP contribution in [-0.2, 0) is 14.3 Å². The van der Waals surface area contributed by atoms with Gasteiger partial charge in [-0.05, 0) is 64.4 Å². The van der Waals surface area contributed by atoms with E-state index in [9.17, 15) is 14.4 Å². The predicted molar refractivity (Wildman–Crippen MR) is 116 cm³/mol. The first-order chi connectivity index (χ1) is 13.9. The maximum atomic E-state index is 12.9. The van der Waals surface area contributed by atoms with E-state index in [-0.39, 0.29) is 36.3 Å². The summed E-state index contributed by atoms with van der Waals surface area (Å²) in [5.74, 6) is -2.20. The normalized spacial score (nSPS) is 27.2. The van der Waals surface area contributed by atoms with Crippen LogP contribution < -0.4 is 11.1 Å². The molecule has 30 heavy (non-hydrogen) atoms. The van der Waals surface area contributed by atoms with E-state index in [1.807, 2.05) is 20.2 Å². The van der Waals surface area contributed by atoms with Crippen LogP contribution in [0.3, 0.4) is 0 Å². The van der Waals surface area contributed by atoms with Crippen LogP contribution in [0.15, 0.2) is 30.3 Å². The highest BCUT2D eigenvalue weighted by Crippen LogP contribution is 2.50. The molecule has 0 radical (unpaired) electrons. The zero-order valence-corrected chi connectivity index (χ0v) is 18.4. The van der Waals surface area contributed by atoms with Crippen molar-refractivity contribution in [2.45, 2.75) is 31.8 Å². The SMILES string of the molecule is CN(C)CCCNC(=O)C1C2CCC(C(OC(=O)c3ccccc3)C2)C1C(N)=O.Cl. The molecule has 3 saturated carbocycles. The number of primary amides is 1. The Morgan fingerprint density at radius 2 is 1.83 bits per heavy atom. The van der Waals surface area contributed by atoms with Crippen molar-refractivity contribution < 1.29 is 19.1 Å². The molecule has 0 saturated heterocycles. The van der Waals surface area contributed by atoms with Crippen molar-refractivity contribution in [3.63, 3.8) is 0 Å². The van der Waals surface area contributed by atoms with E-state index in [0.717, 1.165) is 25.8 Å². The van der Waals surface area contributed by atoms with E-state index in [1.165, 1.54) is 0 Å². The van der Waals surface area contributed by atoms with Crippen LogP contribution in [0.4, 0.5) is 0 Å². The van der Waals surface area contributed by atoms with E-state index in [0.29, 0.717) is 18.5 Å². The molecule has 1 aromatic carbocycles. The summed E-state index contributed by atoms with van der Waals surface area (Å²) < 4.78 is 5.76. The van der Waals surface area contributed by atoms with E-state index in [1.54, 1.807) is 24.3 Å². The summed E-state index contributed by atoms with van der Waals surface area (Å²) in [6.45, 7) is 1.45. The third-order valence-electron chi connectivity index (χ3n) is 6.22. The van der Waals surface area contributed by atoms with Gasteiger partial charge in [-0.2, -0.15) is 0 Å². The lowest BCUT2D eigenvalue weighted by Crippen LogP contribution is -2.57. The highest BCUT2D eigenvalue weighted by atomic mass is 35.5. The van der Waals surface area contributed by atoms with Crippen molar-refractivity contribution in [3.05, 3.63) is 35.9 Å². The minimum Gasteiger partial charge on any atom is -0.458 e. The number of amides is 2. The highest BCUT2D eigenvalue weighted by Gasteiger charge is 2.54. The summed E-state index contributed by atoms with van der Waals surface area (Å²) >= 11 is 0. The van der Waals surface area contributed by atoms with Gasteiger partial charge in [-0.25, -0.2) is 4.79 Å². The van der Waals surface area contributed by atoms with Crippen molar-refractivity contribution in [3.8, 4) is 0 Å². The number of rotatable bonds is 8. The maximum Gasteiger partial charge on any atom is 0.338 e. The Morgan fingerprint density at radius 3 is 2.47 bits per heavy atom. The lowest BCUT2D eigenvalue weighted by Gasteiger charge is -2.49. The van der Waals surface area contributed by atoms with Gasteiger partial charge in [-0.1, -0.05) is 18.2 Å². The molecule has 166 valence electrons. The van der Waals surface area contributed by atoms with Gasteiger partial charge in [0.2, 0.25) is 11.8 Å². The maximum absolute atomic E-state index is 12.9. The second-order valence-electron chi connectivity index (χ2n) is 8.45. The van der Waals surface area contributed by atoms with Gasteiger partial charge in [0.05, 0.1) is 17.4 Å². The monoisotopic (exact) mass is 437 g/mol. The molecule has 0 aliphatic heterocycles. The predicted octanol–water partition coefficient (Wildman–Crippen LogP) is 1.85. The van der Waals surface area contributed by atoms with Crippen LogP contribution in [-0.4, -0.2) is 56.0 Å². The van der Waals surface area contributed by atoms with Gasteiger partial charge < -0.3 is 20.7 Å². The summed E-state index contributed by atoms with van der Waals surface area (Å²) in [6, 6.07) is 8.82. The number of hydrogen-bond acceptors (Lipinski definition) is 5. The molecular formula is C22H32ClN3O4. The minimum atomic E-state index is -0.593. The number of carbonyl (C=O) groups is 3. The number of benzene rings is 1. The van der Waals surface area contributed by atoms with Crippen LogP contribution in [0.25, 0.3) is 0 Å². The molecule has 3 fully saturated rings. The summed E-state index contributed by atoms with van der Waals surface area (Å²) in [4.78, 5) is 39.7. The quantitative estimate of drug-likeness (QED) is 0.477. The number of halogens is 1. The molecule has 0 aromatic heterocycles. The Kier molecular flexibility index (Phi) is 8.67. The van der Waals surface area contributed by atoms with Gasteiger partial charge in [0.1, 0.15) is 6.10 Å². The molecule has 3 aliphatic rings. The topological polar surface area (TPSA) is 102 Å². The van der Waals surface area contributed by atoms with Gasteiger partial charge in [0.15, 0.2) is 0 Å². The molecule has 4 rings (SSSR count). The lowest BCUT2D eigenvalue weighted by atomic mass is 9.56. The summed E-state index contributed by atoms with van der Waals surface area (Å²) in [5.41, 5.74) is 6.20. The van der Waals surface area contributed by atoms with Gasteiger partial charge >= 0.3 is 5.97 Å². The fourth-order valence-corrected chi connectivity index (χ4v) is 4.89. The molecule has 1 aromatic rings. The van der Waals surface area contributed by atoms with Crippen LogP contribution in [0.1, 0.15) is 36.0 Å². The number of nitrogens with zero attached hydrogens (tertiary/aromatic N) is 1. The number of carbonyl (C=O) groups excluding carboxylic acids is 3. The van der Waals surface area contributed by atoms with Crippen molar-refractivity contribution in [2.24, 2.45) is 29.4 Å². The van der Waals surface area contributed by atoms with E-state index in [4.69, 9.17) is 10.5 Å². The Bertz CT molecular complexity index is 743. The molecule has 5 atom stereocenters. The molecule has 5 unspecified atom stereocenters. The van der Waals surface area contributed by atoms with Crippen molar-refractivity contribution in [1.82, 2.24) is 10.2 Å².